The van der Waals surface area contributed by atoms with Gasteiger partial charge in [0.1, 0.15) is 11.8 Å². The zero-order valence-electron chi connectivity index (χ0n) is 6.09. The van der Waals surface area contributed by atoms with Crippen LogP contribution < -0.4 is 5.73 Å². The second kappa shape index (κ2) is 3.20. The summed E-state index contributed by atoms with van der Waals surface area (Å²) in [5, 5.41) is 15.4. The fourth-order valence-electron chi connectivity index (χ4n) is 0.777. The Labute approximate surface area is 59.5 Å². The van der Waals surface area contributed by atoms with E-state index in [1.807, 2.05) is 0 Å². The molecule has 0 saturated carbocycles. The summed E-state index contributed by atoms with van der Waals surface area (Å²) in [5.41, 5.74) is 5.04. The minimum Gasteiger partial charge on any atom is -0.481 e. The van der Waals surface area contributed by atoms with Gasteiger partial charge in [0.05, 0.1) is 0 Å². The first-order valence-electron chi connectivity index (χ1n) is 3.03. The molecule has 4 N–H and O–H groups in total. The van der Waals surface area contributed by atoms with Gasteiger partial charge in [-0.15, -0.1) is 0 Å². The minimum atomic E-state index is -1.03. The van der Waals surface area contributed by atoms with Gasteiger partial charge < -0.3 is 10.8 Å². The quantitative estimate of drug-likeness (QED) is 0.392. The van der Waals surface area contributed by atoms with E-state index in [9.17, 15) is 4.79 Å². The van der Waals surface area contributed by atoms with Crippen LogP contribution in [-0.2, 0) is 4.79 Å². The lowest BCUT2D eigenvalue weighted by atomic mass is 9.95. The Morgan fingerprint density at radius 3 is 2.00 bits per heavy atom. The molecule has 0 aliphatic carbocycles. The molecule has 0 fully saturated rings. The molecule has 0 aliphatic heterocycles. The van der Waals surface area contributed by atoms with Crippen molar-refractivity contribution < 1.29 is 9.90 Å². The average molecular weight is 144 g/mol. The van der Waals surface area contributed by atoms with Gasteiger partial charge in [0.25, 0.3) is 0 Å². The molecule has 0 aliphatic rings. The molecule has 0 amide bonds. The third-order valence-corrected chi connectivity index (χ3v) is 1.27. The van der Waals surface area contributed by atoms with Crippen molar-refractivity contribution in [2.45, 2.75) is 13.8 Å². The highest BCUT2D eigenvalue weighted by atomic mass is 16.4. The van der Waals surface area contributed by atoms with Crippen LogP contribution in [0.1, 0.15) is 13.8 Å². The van der Waals surface area contributed by atoms with Gasteiger partial charge in [0.2, 0.25) is 0 Å². The number of amidine groups is 1. The molecule has 0 aromatic rings. The Balaban J connectivity index is 4.27. The van der Waals surface area contributed by atoms with Crippen LogP contribution in [0.4, 0.5) is 0 Å². The summed E-state index contributed by atoms with van der Waals surface area (Å²) in [6, 6.07) is 0. The highest BCUT2D eigenvalue weighted by Crippen LogP contribution is 2.09. The number of nitrogens with two attached hydrogens (primary N) is 1. The van der Waals surface area contributed by atoms with Crippen LogP contribution in [0, 0.1) is 17.2 Å². The number of nitrogens with one attached hydrogen (secondary N) is 1. The Hall–Kier alpha value is -1.06. The second-order valence-corrected chi connectivity index (χ2v) is 2.52. The Morgan fingerprint density at radius 2 is 2.00 bits per heavy atom. The van der Waals surface area contributed by atoms with Crippen LogP contribution in [0.25, 0.3) is 0 Å². The summed E-state index contributed by atoms with van der Waals surface area (Å²) in [7, 11) is 0. The summed E-state index contributed by atoms with van der Waals surface area (Å²) in [6.07, 6.45) is 0. The molecule has 58 valence electrons. The zero-order valence-corrected chi connectivity index (χ0v) is 6.09. The van der Waals surface area contributed by atoms with E-state index in [4.69, 9.17) is 16.2 Å². The first-order chi connectivity index (χ1) is 4.46. The standard InChI is InChI=1S/C6H12N2O2/c1-3(2)4(5(7)8)6(9)10/h3-4H,1-2H3,(H3,7,8)(H,9,10). The van der Waals surface area contributed by atoms with Crippen molar-refractivity contribution in [3.63, 3.8) is 0 Å². The van der Waals surface area contributed by atoms with Crippen LogP contribution >= 0.6 is 0 Å². The maximum Gasteiger partial charge on any atom is 0.314 e. The van der Waals surface area contributed by atoms with Gasteiger partial charge >= 0.3 is 5.97 Å². The van der Waals surface area contributed by atoms with Gasteiger partial charge in [0.15, 0.2) is 0 Å². The number of aliphatic carboxylic acids is 1. The zero-order chi connectivity index (χ0) is 8.31. The number of rotatable bonds is 3. The Kier molecular flexibility index (Phi) is 2.86. The van der Waals surface area contributed by atoms with Gasteiger partial charge in [-0.2, -0.15) is 0 Å². The number of hydrogen-bond acceptors (Lipinski definition) is 2. The van der Waals surface area contributed by atoms with Crippen molar-refractivity contribution in [1.82, 2.24) is 0 Å². The maximum atomic E-state index is 10.4. The molecule has 1 unspecified atom stereocenters. The summed E-state index contributed by atoms with van der Waals surface area (Å²) >= 11 is 0. The normalized spacial score (nSPS) is 13.1. The number of carbonyl (C=O) groups is 1. The second-order valence-electron chi connectivity index (χ2n) is 2.52. The van der Waals surface area contributed by atoms with Crippen molar-refractivity contribution in [2.75, 3.05) is 0 Å². The van der Waals surface area contributed by atoms with Crippen molar-refractivity contribution in [3.8, 4) is 0 Å². The molecule has 1 atom stereocenters. The molecule has 0 aromatic carbocycles. The first kappa shape index (κ1) is 8.94. The van der Waals surface area contributed by atoms with Gasteiger partial charge in [0, 0.05) is 0 Å². The molecule has 0 aromatic heterocycles. The number of hydrogen-bond donors (Lipinski definition) is 3. The highest BCUT2D eigenvalue weighted by Gasteiger charge is 2.23. The van der Waals surface area contributed by atoms with E-state index >= 15 is 0 Å². The topological polar surface area (TPSA) is 87.2 Å². The lowest BCUT2D eigenvalue weighted by Gasteiger charge is -2.13. The number of carboxylic acid groups (broad SMARTS) is 1. The molecule has 0 heterocycles. The largest absolute Gasteiger partial charge is 0.481 e. The van der Waals surface area contributed by atoms with Gasteiger partial charge in [-0.25, -0.2) is 0 Å². The SMILES string of the molecule is CC(C)C(C(=N)N)C(=O)O. The van der Waals surface area contributed by atoms with Crippen molar-refractivity contribution in [2.24, 2.45) is 17.6 Å². The third kappa shape index (κ3) is 2.05. The van der Waals surface area contributed by atoms with Gasteiger partial charge in [-0.3, -0.25) is 10.2 Å². The summed E-state index contributed by atoms with van der Waals surface area (Å²) in [6.45, 7) is 3.44. The van der Waals surface area contributed by atoms with E-state index in [0.717, 1.165) is 0 Å². The molecular weight excluding hydrogens is 132 g/mol. The molecule has 0 spiro atoms. The van der Waals surface area contributed by atoms with Crippen molar-refractivity contribution in [3.05, 3.63) is 0 Å². The monoisotopic (exact) mass is 144 g/mol. The average Bonchev–Trinajstić information content (AvgIpc) is 1.59. The van der Waals surface area contributed by atoms with E-state index < -0.39 is 11.9 Å². The predicted octanol–water partition coefficient (Wildman–Crippen LogP) is 0.279. The first-order valence-corrected chi connectivity index (χ1v) is 3.03. The molecule has 0 rings (SSSR count). The van der Waals surface area contributed by atoms with E-state index in [1.165, 1.54) is 0 Å². The van der Waals surface area contributed by atoms with Crippen LogP contribution in [0.3, 0.4) is 0 Å². The molecule has 0 bridgehead atoms. The fraction of sp³-hybridized carbons (Fsp3) is 0.667. The Bertz CT molecular complexity index is 140. The van der Waals surface area contributed by atoms with Crippen LogP contribution in [0.2, 0.25) is 0 Å². The molecule has 0 saturated heterocycles. The molecule has 10 heavy (non-hydrogen) atoms. The molecule has 4 heteroatoms. The predicted molar refractivity (Wildman–Crippen MR) is 37.9 cm³/mol. The van der Waals surface area contributed by atoms with Gasteiger partial charge in [-0.1, -0.05) is 13.8 Å². The van der Waals surface area contributed by atoms with E-state index in [2.05, 4.69) is 0 Å². The Morgan fingerprint density at radius 1 is 1.60 bits per heavy atom. The molecular formula is C6H12N2O2. The van der Waals surface area contributed by atoms with Crippen molar-refractivity contribution in [1.29, 1.82) is 5.41 Å². The van der Waals surface area contributed by atoms with Crippen LogP contribution in [0.5, 0.6) is 0 Å². The molecule has 0 radical (unpaired) electrons. The van der Waals surface area contributed by atoms with E-state index in [0.29, 0.717) is 0 Å². The van der Waals surface area contributed by atoms with Gasteiger partial charge in [-0.05, 0) is 5.92 Å². The summed E-state index contributed by atoms with van der Waals surface area (Å²) in [4.78, 5) is 10.4. The fourth-order valence-corrected chi connectivity index (χ4v) is 0.777. The highest BCUT2D eigenvalue weighted by molar-refractivity contribution is 5.97. The van der Waals surface area contributed by atoms with E-state index in [1.54, 1.807) is 13.8 Å². The summed E-state index contributed by atoms with van der Waals surface area (Å²) < 4.78 is 0. The molecule has 4 nitrogen and oxygen atoms in total. The minimum absolute atomic E-state index is 0.116. The van der Waals surface area contributed by atoms with Crippen molar-refractivity contribution >= 4 is 11.8 Å². The van der Waals surface area contributed by atoms with E-state index in [-0.39, 0.29) is 11.8 Å². The van der Waals surface area contributed by atoms with Crippen LogP contribution in [-0.4, -0.2) is 16.9 Å². The van der Waals surface area contributed by atoms with Crippen LogP contribution in [0.15, 0.2) is 0 Å². The smallest absolute Gasteiger partial charge is 0.314 e. The summed E-state index contributed by atoms with van der Waals surface area (Å²) in [5.74, 6) is -2.25. The third-order valence-electron chi connectivity index (χ3n) is 1.27. The maximum absolute atomic E-state index is 10.4. The lowest BCUT2D eigenvalue weighted by Crippen LogP contribution is -2.33. The number of carboxylic acids is 1. The lowest BCUT2D eigenvalue weighted by molar-refractivity contribution is -0.140.